The zero-order valence-corrected chi connectivity index (χ0v) is 11.6. The van der Waals surface area contributed by atoms with Crippen LogP contribution in [0.25, 0.3) is 0 Å². The molecule has 0 bridgehead atoms. The average molecular weight is 240 g/mol. The summed E-state index contributed by atoms with van der Waals surface area (Å²) in [5.41, 5.74) is 0. The lowest BCUT2D eigenvalue weighted by Crippen LogP contribution is -2.54. The molecule has 2 rings (SSSR count). The second-order valence-electron chi connectivity index (χ2n) is 5.90. The quantitative estimate of drug-likeness (QED) is 0.765. The van der Waals surface area contributed by atoms with E-state index in [0.717, 1.165) is 38.0 Å². The Morgan fingerprint density at radius 1 is 1.41 bits per heavy atom. The van der Waals surface area contributed by atoms with Gasteiger partial charge in [0.05, 0.1) is 6.61 Å². The molecule has 0 radical (unpaired) electrons. The van der Waals surface area contributed by atoms with Crippen LogP contribution in [0.2, 0.25) is 0 Å². The number of hydrogen-bond donors (Lipinski definition) is 1. The lowest BCUT2D eigenvalue weighted by Gasteiger charge is -2.38. The van der Waals surface area contributed by atoms with Crippen LogP contribution >= 0.6 is 0 Å². The third-order valence-electron chi connectivity index (χ3n) is 4.35. The molecule has 2 fully saturated rings. The molecule has 1 N–H and O–H groups in total. The predicted octanol–water partition coefficient (Wildman–Crippen LogP) is 1.73. The molecule has 0 aromatic rings. The SMILES string of the molecule is CCCNC1CCOCC1N(C)CC1CC1C. The van der Waals surface area contributed by atoms with Crippen molar-refractivity contribution in [2.24, 2.45) is 11.8 Å². The Morgan fingerprint density at radius 2 is 2.18 bits per heavy atom. The summed E-state index contributed by atoms with van der Waals surface area (Å²) < 4.78 is 5.66. The minimum Gasteiger partial charge on any atom is -0.380 e. The third kappa shape index (κ3) is 3.67. The van der Waals surface area contributed by atoms with Crippen LogP contribution in [-0.4, -0.2) is 50.3 Å². The molecule has 1 aliphatic carbocycles. The summed E-state index contributed by atoms with van der Waals surface area (Å²) in [7, 11) is 2.27. The fourth-order valence-electron chi connectivity index (χ4n) is 2.88. The van der Waals surface area contributed by atoms with E-state index in [4.69, 9.17) is 4.74 Å². The predicted molar refractivity (Wildman–Crippen MR) is 71.2 cm³/mol. The Labute approximate surface area is 106 Å². The van der Waals surface area contributed by atoms with Crippen LogP contribution < -0.4 is 5.32 Å². The number of hydrogen-bond acceptors (Lipinski definition) is 3. The van der Waals surface area contributed by atoms with Gasteiger partial charge in [-0.25, -0.2) is 0 Å². The van der Waals surface area contributed by atoms with Gasteiger partial charge in [0, 0.05) is 25.2 Å². The number of ether oxygens (including phenoxy) is 1. The number of nitrogens with zero attached hydrogens (tertiary/aromatic N) is 1. The molecule has 4 unspecified atom stereocenters. The highest BCUT2D eigenvalue weighted by Gasteiger charge is 2.36. The summed E-state index contributed by atoms with van der Waals surface area (Å²) >= 11 is 0. The van der Waals surface area contributed by atoms with Gasteiger partial charge < -0.3 is 10.1 Å². The van der Waals surface area contributed by atoms with Crippen LogP contribution in [-0.2, 0) is 4.74 Å². The van der Waals surface area contributed by atoms with Gasteiger partial charge in [-0.15, -0.1) is 0 Å². The molecule has 2 aliphatic rings. The summed E-state index contributed by atoms with van der Waals surface area (Å²) in [5, 5.41) is 3.69. The summed E-state index contributed by atoms with van der Waals surface area (Å²) in [6, 6.07) is 1.20. The second kappa shape index (κ2) is 6.17. The van der Waals surface area contributed by atoms with Crippen LogP contribution in [0, 0.1) is 11.8 Å². The van der Waals surface area contributed by atoms with Crippen molar-refractivity contribution < 1.29 is 4.74 Å². The maximum atomic E-state index is 5.66. The number of rotatable bonds is 6. The van der Waals surface area contributed by atoms with Crippen LogP contribution in [0.3, 0.4) is 0 Å². The van der Waals surface area contributed by atoms with Crippen molar-refractivity contribution in [1.82, 2.24) is 10.2 Å². The van der Waals surface area contributed by atoms with Gasteiger partial charge in [0.1, 0.15) is 0 Å². The van der Waals surface area contributed by atoms with E-state index in [2.05, 4.69) is 31.1 Å². The minimum atomic E-state index is 0.572. The molecule has 0 aromatic heterocycles. The number of likely N-dealkylation sites (N-methyl/N-ethyl adjacent to an activating group) is 1. The lowest BCUT2D eigenvalue weighted by atomic mass is 10.0. The first-order valence-electron chi connectivity index (χ1n) is 7.23. The molecule has 0 amide bonds. The summed E-state index contributed by atoms with van der Waals surface area (Å²) in [5.74, 6) is 1.89. The maximum absolute atomic E-state index is 5.66. The fraction of sp³-hybridized carbons (Fsp3) is 1.00. The van der Waals surface area contributed by atoms with E-state index >= 15 is 0 Å². The maximum Gasteiger partial charge on any atom is 0.0636 e. The lowest BCUT2D eigenvalue weighted by molar-refractivity contribution is 0.00443. The smallest absolute Gasteiger partial charge is 0.0636 e. The van der Waals surface area contributed by atoms with Crippen molar-refractivity contribution in [2.75, 3.05) is 33.4 Å². The first-order valence-corrected chi connectivity index (χ1v) is 7.23. The van der Waals surface area contributed by atoms with Crippen molar-refractivity contribution in [3.63, 3.8) is 0 Å². The second-order valence-corrected chi connectivity index (χ2v) is 5.90. The molecular weight excluding hydrogens is 212 g/mol. The highest BCUT2D eigenvalue weighted by molar-refractivity contribution is 4.90. The number of nitrogens with one attached hydrogen (secondary N) is 1. The van der Waals surface area contributed by atoms with Gasteiger partial charge in [0.25, 0.3) is 0 Å². The van der Waals surface area contributed by atoms with Gasteiger partial charge in [-0.3, -0.25) is 4.90 Å². The molecule has 100 valence electrons. The largest absolute Gasteiger partial charge is 0.380 e. The Morgan fingerprint density at radius 3 is 2.82 bits per heavy atom. The highest BCUT2D eigenvalue weighted by Crippen LogP contribution is 2.38. The molecule has 17 heavy (non-hydrogen) atoms. The van der Waals surface area contributed by atoms with Crippen LogP contribution in [0.15, 0.2) is 0 Å². The van der Waals surface area contributed by atoms with Crippen LogP contribution in [0.4, 0.5) is 0 Å². The third-order valence-corrected chi connectivity index (χ3v) is 4.35. The Hall–Kier alpha value is -0.120. The Bertz CT molecular complexity index is 234. The first-order chi connectivity index (χ1) is 8.22. The van der Waals surface area contributed by atoms with Gasteiger partial charge in [-0.05, 0) is 44.7 Å². The molecule has 3 nitrogen and oxygen atoms in total. The van der Waals surface area contributed by atoms with Gasteiger partial charge in [0.15, 0.2) is 0 Å². The first kappa shape index (κ1) is 13.3. The summed E-state index contributed by atoms with van der Waals surface area (Å²) in [4.78, 5) is 2.53. The zero-order chi connectivity index (χ0) is 12.3. The minimum absolute atomic E-state index is 0.572. The molecule has 1 aliphatic heterocycles. The Kier molecular flexibility index (Phi) is 4.83. The van der Waals surface area contributed by atoms with Gasteiger partial charge in [-0.1, -0.05) is 13.8 Å². The van der Waals surface area contributed by atoms with E-state index in [9.17, 15) is 0 Å². The van der Waals surface area contributed by atoms with Crippen molar-refractivity contribution in [1.29, 1.82) is 0 Å². The fourth-order valence-corrected chi connectivity index (χ4v) is 2.88. The van der Waals surface area contributed by atoms with E-state index in [1.807, 2.05) is 0 Å². The molecule has 0 aromatic carbocycles. The summed E-state index contributed by atoms with van der Waals surface area (Å²) in [6.45, 7) is 8.80. The van der Waals surface area contributed by atoms with Crippen molar-refractivity contribution in [3.8, 4) is 0 Å². The topological polar surface area (TPSA) is 24.5 Å². The Balaban J connectivity index is 1.81. The monoisotopic (exact) mass is 240 g/mol. The normalized spacial score (nSPS) is 37.4. The molecule has 1 saturated heterocycles. The van der Waals surface area contributed by atoms with Gasteiger partial charge in [0.2, 0.25) is 0 Å². The van der Waals surface area contributed by atoms with Crippen LogP contribution in [0.5, 0.6) is 0 Å². The molecule has 4 atom stereocenters. The molecule has 3 heteroatoms. The zero-order valence-electron chi connectivity index (χ0n) is 11.6. The highest BCUT2D eigenvalue weighted by atomic mass is 16.5. The van der Waals surface area contributed by atoms with E-state index in [-0.39, 0.29) is 0 Å². The van der Waals surface area contributed by atoms with Crippen molar-refractivity contribution in [3.05, 3.63) is 0 Å². The van der Waals surface area contributed by atoms with E-state index in [0.29, 0.717) is 12.1 Å². The molecule has 0 spiro atoms. The van der Waals surface area contributed by atoms with Crippen molar-refractivity contribution in [2.45, 2.75) is 45.2 Å². The van der Waals surface area contributed by atoms with Gasteiger partial charge >= 0.3 is 0 Å². The standard InChI is InChI=1S/C14H28N2O/c1-4-6-15-13-5-7-17-10-14(13)16(3)9-12-8-11(12)2/h11-15H,4-10H2,1-3H3. The molecule has 1 saturated carbocycles. The molecular formula is C14H28N2O. The van der Waals surface area contributed by atoms with E-state index in [1.54, 1.807) is 0 Å². The van der Waals surface area contributed by atoms with Gasteiger partial charge in [-0.2, -0.15) is 0 Å². The van der Waals surface area contributed by atoms with Crippen LogP contribution in [0.1, 0.15) is 33.1 Å². The average Bonchev–Trinajstić information content (AvgIpc) is 3.02. The summed E-state index contributed by atoms with van der Waals surface area (Å²) in [6.07, 6.45) is 3.80. The van der Waals surface area contributed by atoms with E-state index in [1.165, 1.54) is 19.4 Å². The molecule has 1 heterocycles. The van der Waals surface area contributed by atoms with Crippen molar-refractivity contribution >= 4 is 0 Å². The van der Waals surface area contributed by atoms with E-state index < -0.39 is 0 Å².